The van der Waals surface area contributed by atoms with E-state index in [1.807, 2.05) is 30.3 Å². The van der Waals surface area contributed by atoms with Crippen molar-refractivity contribution in [2.45, 2.75) is 25.0 Å². The molecule has 3 N–H and O–H groups in total. The zero-order chi connectivity index (χ0) is 23.0. The average molecular weight is 444 g/mol. The van der Waals surface area contributed by atoms with Crippen molar-refractivity contribution in [3.8, 4) is 5.69 Å². The number of likely N-dealkylation sites (tertiary alicyclic amines) is 1. The summed E-state index contributed by atoms with van der Waals surface area (Å²) in [5.41, 5.74) is 6.77. The van der Waals surface area contributed by atoms with E-state index in [1.54, 1.807) is 33.8 Å². The first kappa shape index (κ1) is 20.9. The van der Waals surface area contributed by atoms with Crippen molar-refractivity contribution in [1.29, 1.82) is 0 Å². The molecule has 0 bridgehead atoms. The Balaban J connectivity index is 1.32. The van der Waals surface area contributed by atoms with E-state index in [0.29, 0.717) is 48.2 Å². The molecule has 1 fully saturated rings. The van der Waals surface area contributed by atoms with Crippen LogP contribution in [0.4, 0.5) is 5.69 Å². The number of piperidine rings is 1. The summed E-state index contributed by atoms with van der Waals surface area (Å²) in [7, 11) is 0. The van der Waals surface area contributed by atoms with Crippen LogP contribution >= 0.6 is 0 Å². The minimum Gasteiger partial charge on any atom is -0.399 e. The van der Waals surface area contributed by atoms with Crippen LogP contribution in [0.1, 0.15) is 23.2 Å². The first-order valence-corrected chi connectivity index (χ1v) is 10.8. The van der Waals surface area contributed by atoms with Crippen LogP contribution in [-0.4, -0.2) is 53.9 Å². The Morgan fingerprint density at radius 3 is 2.58 bits per heavy atom. The van der Waals surface area contributed by atoms with Gasteiger partial charge in [-0.1, -0.05) is 24.3 Å². The van der Waals surface area contributed by atoms with Crippen molar-refractivity contribution in [2.24, 2.45) is 0 Å². The molecule has 9 heteroatoms. The molecule has 1 aliphatic rings. The molecule has 0 spiro atoms. The molecule has 168 valence electrons. The second-order valence-electron chi connectivity index (χ2n) is 8.45. The number of nitrogens with two attached hydrogens (primary N) is 1. The van der Waals surface area contributed by atoms with E-state index < -0.39 is 5.60 Å². The van der Waals surface area contributed by atoms with E-state index in [9.17, 15) is 14.7 Å². The van der Waals surface area contributed by atoms with Crippen LogP contribution in [0.3, 0.4) is 0 Å². The van der Waals surface area contributed by atoms with Crippen LogP contribution in [0.2, 0.25) is 0 Å². The molecular weight excluding hydrogens is 420 g/mol. The standard InChI is InChI=1S/C24H24N6O3/c25-18-6-4-5-17(13-18)22(31)28-11-9-24(33,10-12-28)15-29-16-26-21-20(23(29)32)14-27-30(21)19-7-2-1-3-8-19/h1-8,13-14,16,33H,9-12,15,25H2. The number of aliphatic hydroxyl groups is 1. The third kappa shape index (κ3) is 3.98. The number of hydrogen-bond donors (Lipinski definition) is 2. The molecule has 2 aromatic heterocycles. The first-order chi connectivity index (χ1) is 15.9. The number of benzene rings is 2. The maximum absolute atomic E-state index is 13.1. The van der Waals surface area contributed by atoms with Crippen LogP contribution in [0.5, 0.6) is 0 Å². The second-order valence-corrected chi connectivity index (χ2v) is 8.45. The summed E-state index contributed by atoms with van der Waals surface area (Å²) in [6.45, 7) is 0.882. The second kappa shape index (κ2) is 8.18. The van der Waals surface area contributed by atoms with Gasteiger partial charge >= 0.3 is 0 Å². The summed E-state index contributed by atoms with van der Waals surface area (Å²) in [5, 5.41) is 15.9. The number of nitrogens with zero attached hydrogens (tertiary/aromatic N) is 5. The Labute approximate surface area is 189 Å². The van der Waals surface area contributed by atoms with Gasteiger partial charge in [-0.15, -0.1) is 0 Å². The van der Waals surface area contributed by atoms with Crippen molar-refractivity contribution < 1.29 is 9.90 Å². The molecule has 5 rings (SSSR count). The van der Waals surface area contributed by atoms with Gasteiger partial charge in [-0.3, -0.25) is 14.2 Å². The topological polar surface area (TPSA) is 119 Å². The highest BCUT2D eigenvalue weighted by Gasteiger charge is 2.35. The molecule has 0 saturated carbocycles. The van der Waals surface area contributed by atoms with Crippen LogP contribution in [0, 0.1) is 0 Å². The highest BCUT2D eigenvalue weighted by molar-refractivity contribution is 5.95. The Kier molecular flexibility index (Phi) is 5.18. The van der Waals surface area contributed by atoms with Gasteiger partial charge in [0.1, 0.15) is 11.7 Å². The number of amides is 1. The quantitative estimate of drug-likeness (QED) is 0.464. The number of carbonyl (C=O) groups excluding carboxylic acids is 1. The van der Waals surface area contributed by atoms with E-state index in [1.165, 1.54) is 17.1 Å². The average Bonchev–Trinajstić information content (AvgIpc) is 3.26. The molecule has 1 saturated heterocycles. The number of aromatic nitrogens is 4. The van der Waals surface area contributed by atoms with Gasteiger partial charge in [-0.25, -0.2) is 9.67 Å². The van der Waals surface area contributed by atoms with E-state index in [4.69, 9.17) is 5.73 Å². The lowest BCUT2D eigenvalue weighted by Gasteiger charge is -2.38. The van der Waals surface area contributed by atoms with Gasteiger partial charge in [0.2, 0.25) is 0 Å². The summed E-state index contributed by atoms with van der Waals surface area (Å²) in [6, 6.07) is 16.3. The molecular formula is C24H24N6O3. The normalized spacial score (nSPS) is 15.6. The fourth-order valence-electron chi connectivity index (χ4n) is 4.27. The fourth-order valence-corrected chi connectivity index (χ4v) is 4.27. The van der Waals surface area contributed by atoms with Crippen molar-refractivity contribution in [3.63, 3.8) is 0 Å². The molecule has 4 aromatic rings. The molecule has 0 unspecified atom stereocenters. The lowest BCUT2D eigenvalue weighted by Crippen LogP contribution is -2.49. The summed E-state index contributed by atoms with van der Waals surface area (Å²) in [5.74, 6) is -0.113. The third-order valence-corrected chi connectivity index (χ3v) is 6.13. The van der Waals surface area contributed by atoms with E-state index in [0.717, 1.165) is 5.69 Å². The third-order valence-electron chi connectivity index (χ3n) is 6.13. The Bertz CT molecular complexity index is 1370. The van der Waals surface area contributed by atoms with Crippen molar-refractivity contribution in [3.05, 3.63) is 83.0 Å². The molecule has 1 amide bonds. The Morgan fingerprint density at radius 1 is 1.09 bits per heavy atom. The van der Waals surface area contributed by atoms with Crippen molar-refractivity contribution in [1.82, 2.24) is 24.2 Å². The smallest absolute Gasteiger partial charge is 0.264 e. The number of para-hydroxylation sites is 1. The lowest BCUT2D eigenvalue weighted by atomic mass is 9.91. The minimum absolute atomic E-state index is 0.103. The fraction of sp³-hybridized carbons (Fsp3) is 0.250. The molecule has 3 heterocycles. The monoisotopic (exact) mass is 444 g/mol. The van der Waals surface area contributed by atoms with Gasteiger partial charge in [-0.2, -0.15) is 5.10 Å². The van der Waals surface area contributed by atoms with Crippen LogP contribution in [-0.2, 0) is 6.54 Å². The maximum Gasteiger partial charge on any atom is 0.264 e. The van der Waals surface area contributed by atoms with Gasteiger partial charge in [0, 0.05) is 24.3 Å². The van der Waals surface area contributed by atoms with Gasteiger partial charge < -0.3 is 15.7 Å². The van der Waals surface area contributed by atoms with Crippen LogP contribution in [0.15, 0.2) is 71.9 Å². The van der Waals surface area contributed by atoms with Crippen LogP contribution < -0.4 is 11.3 Å². The highest BCUT2D eigenvalue weighted by Crippen LogP contribution is 2.25. The van der Waals surface area contributed by atoms with E-state index in [-0.39, 0.29) is 18.0 Å². The lowest BCUT2D eigenvalue weighted by molar-refractivity contribution is -0.0299. The molecule has 9 nitrogen and oxygen atoms in total. The molecule has 0 aliphatic carbocycles. The first-order valence-electron chi connectivity index (χ1n) is 10.8. The number of anilines is 1. The predicted octanol–water partition coefficient (Wildman–Crippen LogP) is 1.83. The van der Waals surface area contributed by atoms with Gasteiger partial charge in [0.05, 0.1) is 24.0 Å². The molecule has 33 heavy (non-hydrogen) atoms. The summed E-state index contributed by atoms with van der Waals surface area (Å²) >= 11 is 0. The van der Waals surface area contributed by atoms with Crippen molar-refractivity contribution >= 4 is 22.6 Å². The maximum atomic E-state index is 13.1. The molecule has 0 radical (unpaired) electrons. The minimum atomic E-state index is -1.11. The number of carbonyl (C=O) groups is 1. The predicted molar refractivity (Wildman–Crippen MR) is 124 cm³/mol. The summed E-state index contributed by atoms with van der Waals surface area (Å²) in [4.78, 5) is 32.0. The zero-order valence-corrected chi connectivity index (χ0v) is 18.0. The van der Waals surface area contributed by atoms with Crippen molar-refractivity contribution in [2.75, 3.05) is 18.8 Å². The highest BCUT2D eigenvalue weighted by atomic mass is 16.3. The van der Waals surface area contributed by atoms with Gasteiger partial charge in [-0.05, 0) is 43.2 Å². The summed E-state index contributed by atoms with van der Waals surface area (Å²) in [6.07, 6.45) is 3.67. The van der Waals surface area contributed by atoms with Gasteiger partial charge in [0.25, 0.3) is 11.5 Å². The SMILES string of the molecule is Nc1cccc(C(=O)N2CCC(O)(Cn3cnc4c(cnn4-c4ccccc4)c3=O)CC2)c1. The number of rotatable bonds is 4. The van der Waals surface area contributed by atoms with E-state index >= 15 is 0 Å². The van der Waals surface area contributed by atoms with Gasteiger partial charge in [0.15, 0.2) is 5.65 Å². The number of fused-ring (bicyclic) bond motifs is 1. The summed E-state index contributed by atoms with van der Waals surface area (Å²) < 4.78 is 3.05. The van der Waals surface area contributed by atoms with E-state index in [2.05, 4.69) is 10.1 Å². The number of hydrogen-bond acceptors (Lipinski definition) is 6. The molecule has 1 aliphatic heterocycles. The van der Waals surface area contributed by atoms with Crippen LogP contribution in [0.25, 0.3) is 16.7 Å². The Morgan fingerprint density at radius 2 is 1.85 bits per heavy atom. The number of nitrogen functional groups attached to an aromatic ring is 1. The largest absolute Gasteiger partial charge is 0.399 e. The molecule has 0 atom stereocenters. The zero-order valence-electron chi connectivity index (χ0n) is 18.0. The Hall–Kier alpha value is -3.98. The molecule has 2 aromatic carbocycles.